The lowest BCUT2D eigenvalue weighted by Crippen LogP contribution is -2.46. The van der Waals surface area contributed by atoms with E-state index in [0.717, 1.165) is 25.3 Å². The van der Waals surface area contributed by atoms with Gasteiger partial charge in [-0.3, -0.25) is 0 Å². The second kappa shape index (κ2) is 4.09. The van der Waals surface area contributed by atoms with Gasteiger partial charge in [0.05, 0.1) is 0 Å². The molecule has 1 saturated heterocycles. The van der Waals surface area contributed by atoms with Crippen LogP contribution >= 0.6 is 0 Å². The lowest BCUT2D eigenvalue weighted by atomic mass is 9.95. The molecule has 3 N–H and O–H groups in total. The van der Waals surface area contributed by atoms with E-state index in [4.69, 9.17) is 5.73 Å². The lowest BCUT2D eigenvalue weighted by Gasteiger charge is -2.35. The van der Waals surface area contributed by atoms with Gasteiger partial charge >= 0.3 is 5.69 Å². The third-order valence-electron chi connectivity index (χ3n) is 3.59. The van der Waals surface area contributed by atoms with Crippen molar-refractivity contribution in [2.75, 3.05) is 18.0 Å². The molecule has 18 heavy (non-hydrogen) atoms. The van der Waals surface area contributed by atoms with Gasteiger partial charge < -0.3 is 10.6 Å². The number of hydrogen-bond donors (Lipinski definition) is 2. The maximum Gasteiger partial charge on any atom is 0.348 e. The highest BCUT2D eigenvalue weighted by atomic mass is 16.1. The van der Waals surface area contributed by atoms with Crippen molar-refractivity contribution in [1.29, 1.82) is 0 Å². The maximum atomic E-state index is 11.3. The molecule has 0 radical (unpaired) electrons. The molecule has 7 heteroatoms. The number of nitrogens with zero attached hydrogens (tertiary/aromatic N) is 4. The zero-order valence-corrected chi connectivity index (χ0v) is 10.2. The van der Waals surface area contributed by atoms with Gasteiger partial charge in [0.1, 0.15) is 12.1 Å². The van der Waals surface area contributed by atoms with Crippen molar-refractivity contribution in [3.63, 3.8) is 0 Å². The largest absolute Gasteiger partial charge is 0.356 e. The topological polar surface area (TPSA) is 92.3 Å². The predicted octanol–water partition coefficient (Wildman–Crippen LogP) is -0.409. The Morgan fingerprint density at radius 1 is 1.56 bits per heavy atom. The number of nitrogens with two attached hydrogens (primary N) is 1. The molecule has 0 bridgehead atoms. The number of aromatic amines is 1. The molecule has 0 saturated carbocycles. The van der Waals surface area contributed by atoms with Crippen molar-refractivity contribution >= 4 is 11.5 Å². The highest BCUT2D eigenvalue weighted by Gasteiger charge is 2.24. The van der Waals surface area contributed by atoms with E-state index in [-0.39, 0.29) is 11.7 Å². The van der Waals surface area contributed by atoms with Gasteiger partial charge in [-0.15, -0.1) is 0 Å². The average Bonchev–Trinajstić information content (AvgIpc) is 2.74. The molecule has 0 aliphatic carbocycles. The Labute approximate surface area is 104 Å². The summed E-state index contributed by atoms with van der Waals surface area (Å²) in [5.74, 6) is 1.29. The van der Waals surface area contributed by atoms with Crippen molar-refractivity contribution in [3.05, 3.63) is 22.9 Å². The summed E-state index contributed by atoms with van der Waals surface area (Å²) < 4.78 is 1.39. The lowest BCUT2D eigenvalue weighted by molar-refractivity contribution is 0.381. The highest BCUT2D eigenvalue weighted by molar-refractivity contribution is 5.50. The zero-order chi connectivity index (χ0) is 12.7. The molecule has 3 rings (SSSR count). The van der Waals surface area contributed by atoms with Crippen LogP contribution in [0.15, 0.2) is 17.2 Å². The first kappa shape index (κ1) is 11.2. The molecule has 7 nitrogen and oxygen atoms in total. The van der Waals surface area contributed by atoms with Crippen LogP contribution in [0.4, 0.5) is 5.82 Å². The first-order valence-corrected chi connectivity index (χ1v) is 6.08. The third kappa shape index (κ3) is 1.76. The van der Waals surface area contributed by atoms with Crippen molar-refractivity contribution in [1.82, 2.24) is 19.6 Å². The van der Waals surface area contributed by atoms with Gasteiger partial charge in [0.25, 0.3) is 0 Å². The Bertz CT molecular complexity index is 617. The third-order valence-corrected chi connectivity index (χ3v) is 3.59. The summed E-state index contributed by atoms with van der Waals surface area (Å²) in [5, 5.41) is 6.34. The molecule has 2 unspecified atom stereocenters. The molecule has 1 fully saturated rings. The van der Waals surface area contributed by atoms with Gasteiger partial charge in [0.2, 0.25) is 0 Å². The minimum atomic E-state index is -0.266. The van der Waals surface area contributed by atoms with E-state index >= 15 is 0 Å². The van der Waals surface area contributed by atoms with Gasteiger partial charge in [-0.05, 0) is 12.3 Å². The quantitative estimate of drug-likeness (QED) is 0.716. The van der Waals surface area contributed by atoms with Crippen LogP contribution in [0, 0.1) is 5.92 Å². The number of aromatic nitrogens is 4. The van der Waals surface area contributed by atoms with Crippen LogP contribution in [0.3, 0.4) is 0 Å². The van der Waals surface area contributed by atoms with Gasteiger partial charge in [-0.25, -0.2) is 19.3 Å². The van der Waals surface area contributed by atoms with Gasteiger partial charge in [-0.1, -0.05) is 6.92 Å². The molecule has 1 aliphatic heterocycles. The molecular weight excluding hydrogens is 232 g/mol. The van der Waals surface area contributed by atoms with E-state index < -0.39 is 0 Å². The molecule has 2 aromatic heterocycles. The van der Waals surface area contributed by atoms with Crippen molar-refractivity contribution in [2.45, 2.75) is 19.4 Å². The number of nitrogens with one attached hydrogen (secondary N) is 1. The SMILES string of the molecule is CC1CN(c2cc3n[nH]c(=O)n3cn2)CCC1N. The Hall–Kier alpha value is -1.89. The van der Waals surface area contributed by atoms with Crippen molar-refractivity contribution < 1.29 is 0 Å². The van der Waals surface area contributed by atoms with Crippen LogP contribution in [-0.2, 0) is 0 Å². The minimum absolute atomic E-state index is 0.262. The van der Waals surface area contributed by atoms with E-state index in [9.17, 15) is 4.79 Å². The van der Waals surface area contributed by atoms with Gasteiger partial charge in [-0.2, -0.15) is 5.10 Å². The van der Waals surface area contributed by atoms with Crippen LogP contribution in [0.25, 0.3) is 5.65 Å². The second-order valence-corrected chi connectivity index (χ2v) is 4.88. The van der Waals surface area contributed by atoms with E-state index in [2.05, 4.69) is 27.0 Å². The minimum Gasteiger partial charge on any atom is -0.356 e. The molecule has 0 aromatic carbocycles. The molecule has 0 spiro atoms. The summed E-state index contributed by atoms with van der Waals surface area (Å²) in [6, 6.07) is 2.08. The summed E-state index contributed by atoms with van der Waals surface area (Å²) in [4.78, 5) is 17.8. The fourth-order valence-corrected chi connectivity index (χ4v) is 2.34. The molecule has 1 aliphatic rings. The number of anilines is 1. The normalized spacial score (nSPS) is 24.7. The second-order valence-electron chi connectivity index (χ2n) is 4.88. The van der Waals surface area contributed by atoms with Crippen LogP contribution in [0.2, 0.25) is 0 Å². The zero-order valence-electron chi connectivity index (χ0n) is 10.2. The van der Waals surface area contributed by atoms with Gasteiger partial charge in [0, 0.05) is 25.2 Å². The summed E-state index contributed by atoms with van der Waals surface area (Å²) in [6.07, 6.45) is 2.47. The first-order chi connectivity index (χ1) is 8.65. The van der Waals surface area contributed by atoms with E-state index in [1.165, 1.54) is 10.7 Å². The molecule has 0 amide bonds. The summed E-state index contributed by atoms with van der Waals surface area (Å²) in [5.41, 5.74) is 6.33. The Morgan fingerprint density at radius 3 is 3.17 bits per heavy atom. The molecule has 2 aromatic rings. The Morgan fingerprint density at radius 2 is 2.39 bits per heavy atom. The first-order valence-electron chi connectivity index (χ1n) is 6.08. The average molecular weight is 248 g/mol. The van der Waals surface area contributed by atoms with E-state index in [1.807, 2.05) is 6.07 Å². The molecule has 3 heterocycles. The monoisotopic (exact) mass is 248 g/mol. The van der Waals surface area contributed by atoms with Crippen molar-refractivity contribution in [3.8, 4) is 0 Å². The summed E-state index contributed by atoms with van der Waals surface area (Å²) in [7, 11) is 0. The Kier molecular flexibility index (Phi) is 2.55. The summed E-state index contributed by atoms with van der Waals surface area (Å²) in [6.45, 7) is 3.93. The smallest absolute Gasteiger partial charge is 0.348 e. The number of piperidine rings is 1. The Balaban J connectivity index is 1.92. The molecular formula is C11H16N6O. The van der Waals surface area contributed by atoms with Gasteiger partial charge in [0.15, 0.2) is 5.65 Å². The maximum absolute atomic E-state index is 11.3. The number of hydrogen-bond acceptors (Lipinski definition) is 5. The highest BCUT2D eigenvalue weighted by Crippen LogP contribution is 2.20. The predicted molar refractivity (Wildman–Crippen MR) is 67.6 cm³/mol. The van der Waals surface area contributed by atoms with Crippen LogP contribution in [0.1, 0.15) is 13.3 Å². The van der Waals surface area contributed by atoms with Crippen LogP contribution < -0.4 is 16.3 Å². The fourth-order valence-electron chi connectivity index (χ4n) is 2.34. The van der Waals surface area contributed by atoms with Crippen molar-refractivity contribution in [2.24, 2.45) is 11.7 Å². The standard InChI is InChI=1S/C11H16N6O/c1-7-5-16(3-2-8(7)12)9-4-10-14-15-11(18)17(10)6-13-9/h4,6-8H,2-3,5,12H2,1H3,(H,15,18). The van der Waals surface area contributed by atoms with E-state index in [0.29, 0.717) is 11.6 Å². The van der Waals surface area contributed by atoms with Crippen LogP contribution in [-0.4, -0.2) is 38.7 Å². The molecule has 2 atom stereocenters. The summed E-state index contributed by atoms with van der Waals surface area (Å²) >= 11 is 0. The molecule has 96 valence electrons. The fraction of sp³-hybridized carbons (Fsp3) is 0.545. The van der Waals surface area contributed by atoms with Crippen LogP contribution in [0.5, 0.6) is 0 Å². The number of H-pyrrole nitrogens is 1. The number of rotatable bonds is 1. The van der Waals surface area contributed by atoms with E-state index in [1.54, 1.807) is 0 Å². The number of fused-ring (bicyclic) bond motifs is 1.